The van der Waals surface area contributed by atoms with Crippen molar-refractivity contribution in [2.45, 2.75) is 136 Å². The van der Waals surface area contributed by atoms with E-state index in [1.165, 1.54) is 22.0 Å². The number of rotatable bonds is 26. The lowest BCUT2D eigenvalue weighted by Gasteiger charge is -2.48. The molecule has 11 rings (SSSR count). The number of nitrogens with one attached hydrogen (secondary N) is 4. The molecule has 6 atom stereocenters. The molecule has 3 saturated heterocycles. The number of phenols is 1. The van der Waals surface area contributed by atoms with Crippen LogP contribution in [-0.4, -0.2) is 187 Å². The van der Waals surface area contributed by atoms with Gasteiger partial charge in [-0.15, -0.1) is 21.5 Å². The molecule has 3 aromatic heterocycles. The molecule has 3 fully saturated rings. The van der Waals surface area contributed by atoms with Crippen LogP contribution in [-0.2, 0) is 51.5 Å². The minimum Gasteiger partial charge on any atom is -0.507 e. The summed E-state index contributed by atoms with van der Waals surface area (Å²) in [4.78, 5) is 122. The van der Waals surface area contributed by atoms with E-state index in [4.69, 9.17) is 9.26 Å². The van der Waals surface area contributed by atoms with E-state index in [1.54, 1.807) is 67.6 Å². The minimum absolute atomic E-state index is 0.0369. The van der Waals surface area contributed by atoms with Crippen molar-refractivity contribution in [3.8, 4) is 27.4 Å². The number of aromatic nitrogens is 4. The minimum atomic E-state index is -0.879. The van der Waals surface area contributed by atoms with Gasteiger partial charge in [-0.1, -0.05) is 87.8 Å². The number of aliphatic hydroxyl groups is 1. The Morgan fingerprint density at radius 1 is 0.798 bits per heavy atom. The van der Waals surface area contributed by atoms with E-state index in [0.29, 0.717) is 90.3 Å². The van der Waals surface area contributed by atoms with Crippen molar-refractivity contribution in [1.29, 1.82) is 0 Å². The molecule has 0 saturated carbocycles. The maximum Gasteiger partial charge on any atom is 0.415 e. The Bertz CT molecular complexity index is 3910. The van der Waals surface area contributed by atoms with Gasteiger partial charge in [0.1, 0.15) is 36.1 Å². The van der Waals surface area contributed by atoms with Gasteiger partial charge in [-0.3, -0.25) is 53.2 Å². The molecule has 6 N–H and O–H groups in total. The lowest BCUT2D eigenvalue weighted by atomic mass is 9.91. The first kappa shape index (κ1) is 70.9. The van der Waals surface area contributed by atoms with Crippen LogP contribution < -0.4 is 31.1 Å². The summed E-state index contributed by atoms with van der Waals surface area (Å²) in [5.41, 5.74) is 8.23. The van der Waals surface area contributed by atoms with Crippen LogP contribution in [0.4, 0.5) is 22.0 Å². The van der Waals surface area contributed by atoms with Crippen molar-refractivity contribution in [3.63, 3.8) is 0 Å². The number of ether oxygens (including phenoxy) is 1. The number of aryl methyl sites for hydroxylation is 1. The molecule has 1 unspecified atom stereocenters. The van der Waals surface area contributed by atoms with Crippen LogP contribution in [0.25, 0.3) is 21.7 Å². The van der Waals surface area contributed by atoms with Crippen LogP contribution in [0.3, 0.4) is 0 Å². The molecule has 5 aliphatic rings. The summed E-state index contributed by atoms with van der Waals surface area (Å²) in [7, 11) is 0. The number of aromatic hydroxyl groups is 1. The second-order valence-electron chi connectivity index (χ2n) is 27.1. The molecule has 26 nitrogen and oxygen atoms in total. The normalized spacial score (nSPS) is 19.1. The third-order valence-electron chi connectivity index (χ3n) is 19.2. The Morgan fingerprint density at radius 3 is 2.25 bits per heavy atom. The molecular formula is C72H88N14O12S. The van der Waals surface area contributed by atoms with E-state index in [-0.39, 0.29) is 105 Å². The number of nitrogens with zero attached hydrogens (tertiary/aromatic N) is 10. The summed E-state index contributed by atoms with van der Waals surface area (Å²) in [5, 5.41) is 46.5. The van der Waals surface area contributed by atoms with Gasteiger partial charge in [-0.05, 0) is 117 Å². The van der Waals surface area contributed by atoms with Crippen molar-refractivity contribution in [3.05, 3.63) is 131 Å². The predicted octanol–water partition coefficient (Wildman–Crippen LogP) is 7.09. The standard InChI is InChI=1S/C72H88N14O12S/c1-43(2)65(71(95)85-40-54(87)33-58(85)69(93)75-45(5)49-17-19-50(20-18-49)67-46(6)74-42-99-67)60-32-52(80-98-60)37-81-28-25-47(26-29-81)36-82-30-31-83-53(38-82)39-86(68-57(83)34-56(78-79-68)55-12-9-10-13-59(55)88)72(96)97-41-48-15-21-51(22-16-48)76-62(90)35-73-70(94)66(44(3)4)77-61(89)14-8-7-11-27-84-63(91)23-24-64(84)92/h9-10,12-13,15-24,32,34,42-45,47,53-54,58,65-66,87-88H,7-8,11,14,25-31,33,35-41H2,1-6H3,(H,73,94)(H,75,93)(H,76,90)(H,77,89)/t45-,53+,54+,58-,65+,66?/m0/s1. The number of thiazole rings is 1. The zero-order valence-corrected chi connectivity index (χ0v) is 57.6. The summed E-state index contributed by atoms with van der Waals surface area (Å²) < 4.78 is 11.9. The van der Waals surface area contributed by atoms with E-state index >= 15 is 0 Å². The number of piperidine rings is 1. The SMILES string of the molecule is Cc1ncsc1-c1ccc([C@H](C)NC(=O)[C@@H]2C[C@@H](O)CN2C(=O)[C@@H](c2cc(CN3CCC(CN4CCN5c6cc(-c7ccccc7O)nnc6N(C(=O)OCc6ccc(NC(=O)CNC(=O)C(NC(=O)CCCCCN7C(=O)C=CC7=O)C(C)C)cc6)C[C@H]5C4)CC3)no2)C(C)C)cc1. The smallest absolute Gasteiger partial charge is 0.415 e. The zero-order chi connectivity index (χ0) is 70.0. The molecule has 27 heteroatoms. The van der Waals surface area contributed by atoms with Gasteiger partial charge in [0.25, 0.3) is 11.8 Å². The van der Waals surface area contributed by atoms with Gasteiger partial charge < -0.3 is 50.5 Å². The maximum absolute atomic E-state index is 14.5. The molecule has 0 aliphatic carbocycles. The number of para-hydroxylation sites is 1. The Kier molecular flexibility index (Phi) is 22.9. The van der Waals surface area contributed by atoms with Gasteiger partial charge in [0.05, 0.1) is 64.4 Å². The number of hydrogen-bond donors (Lipinski definition) is 6. The van der Waals surface area contributed by atoms with Crippen molar-refractivity contribution < 1.29 is 57.8 Å². The monoisotopic (exact) mass is 1370 g/mol. The van der Waals surface area contributed by atoms with Crippen LogP contribution in [0.1, 0.15) is 120 Å². The first-order chi connectivity index (χ1) is 47.6. The number of amides is 8. The van der Waals surface area contributed by atoms with E-state index in [0.717, 1.165) is 65.6 Å². The molecule has 6 aromatic rings. The van der Waals surface area contributed by atoms with Gasteiger partial charge in [0.15, 0.2) is 5.82 Å². The second kappa shape index (κ2) is 32.0. The third kappa shape index (κ3) is 17.4. The summed E-state index contributed by atoms with van der Waals surface area (Å²) in [5.74, 6) is -2.57. The lowest BCUT2D eigenvalue weighted by Crippen LogP contribution is -2.61. The highest BCUT2D eigenvalue weighted by atomic mass is 32.1. The fourth-order valence-electron chi connectivity index (χ4n) is 13.8. The number of hydrogen-bond acceptors (Lipinski definition) is 20. The molecule has 8 heterocycles. The highest BCUT2D eigenvalue weighted by Gasteiger charge is 2.45. The van der Waals surface area contributed by atoms with Crippen LogP contribution in [0.2, 0.25) is 0 Å². The fraction of sp³-hybridized carbons (Fsp3) is 0.472. The Labute approximate surface area is 579 Å². The molecule has 99 heavy (non-hydrogen) atoms. The number of fused-ring (bicyclic) bond motifs is 3. The van der Waals surface area contributed by atoms with Gasteiger partial charge in [-0.2, -0.15) is 0 Å². The van der Waals surface area contributed by atoms with E-state index in [9.17, 15) is 48.6 Å². The van der Waals surface area contributed by atoms with Crippen LogP contribution in [0, 0.1) is 24.7 Å². The van der Waals surface area contributed by atoms with Crippen molar-refractivity contribution in [1.82, 2.24) is 55.9 Å². The number of anilines is 3. The Balaban J connectivity index is 0.645. The Morgan fingerprint density at radius 2 is 1.55 bits per heavy atom. The zero-order valence-electron chi connectivity index (χ0n) is 56.8. The van der Waals surface area contributed by atoms with Crippen LogP contribution in [0.5, 0.6) is 5.75 Å². The number of imide groups is 1. The number of piperazine rings is 1. The van der Waals surface area contributed by atoms with Crippen LogP contribution >= 0.6 is 11.3 Å². The summed E-state index contributed by atoms with van der Waals surface area (Å²) >= 11 is 1.58. The van der Waals surface area contributed by atoms with Gasteiger partial charge >= 0.3 is 6.09 Å². The number of β-amino-alcohol motifs (C(OH)–C–C–N with tert-alkyl or cyclic N) is 1. The van der Waals surface area contributed by atoms with Gasteiger partial charge in [0, 0.05) is 88.1 Å². The predicted molar refractivity (Wildman–Crippen MR) is 370 cm³/mol. The van der Waals surface area contributed by atoms with E-state index in [2.05, 4.69) is 56.3 Å². The average Bonchev–Trinajstić information content (AvgIpc) is 1.39. The Hall–Kier alpha value is -9.44. The van der Waals surface area contributed by atoms with Crippen LogP contribution in [0.15, 0.2) is 107 Å². The number of benzene rings is 3. The summed E-state index contributed by atoms with van der Waals surface area (Å²) in [6.07, 6.45) is 4.84. The number of unbranched alkanes of at least 4 members (excludes halogenated alkanes) is 2. The average molecular weight is 1370 g/mol. The molecule has 0 spiro atoms. The van der Waals surface area contributed by atoms with Gasteiger partial charge in [-0.25, -0.2) is 9.78 Å². The molecule has 0 bridgehead atoms. The molecule has 524 valence electrons. The topological polar surface area (TPSA) is 319 Å². The number of carbonyl (C=O) groups excluding carboxylic acids is 8. The molecule has 3 aromatic carbocycles. The van der Waals surface area contributed by atoms with Gasteiger partial charge in [0.2, 0.25) is 29.5 Å². The highest BCUT2D eigenvalue weighted by Crippen LogP contribution is 2.40. The number of phenolic OH excluding ortho intramolecular Hbond substituents is 1. The number of carbonyl (C=O) groups is 8. The first-order valence-electron chi connectivity index (χ1n) is 34.2. The highest BCUT2D eigenvalue weighted by molar-refractivity contribution is 7.13. The lowest BCUT2D eigenvalue weighted by molar-refractivity contribution is -0.141. The number of aliphatic hydroxyl groups excluding tert-OH is 1. The largest absolute Gasteiger partial charge is 0.507 e. The summed E-state index contributed by atoms with van der Waals surface area (Å²) in [6, 6.07) is 23.2. The molecule has 8 amide bonds. The fourth-order valence-corrected chi connectivity index (χ4v) is 14.6. The molecule has 0 radical (unpaired) electrons. The maximum atomic E-state index is 14.5. The molecular weight excluding hydrogens is 1280 g/mol. The quantitative estimate of drug-likeness (QED) is 0.0233. The summed E-state index contributed by atoms with van der Waals surface area (Å²) in [6.45, 7) is 16.7. The van der Waals surface area contributed by atoms with Crippen molar-refractivity contribution in [2.24, 2.45) is 17.8 Å². The second-order valence-corrected chi connectivity index (χ2v) is 28.0. The van der Waals surface area contributed by atoms with E-state index in [1.807, 2.05) is 75.7 Å². The van der Waals surface area contributed by atoms with Crippen molar-refractivity contribution in [2.75, 3.05) is 80.6 Å². The first-order valence-corrected chi connectivity index (χ1v) is 35.1. The van der Waals surface area contributed by atoms with Crippen molar-refractivity contribution >= 4 is 76.0 Å². The number of likely N-dealkylation sites (tertiary alicyclic amines) is 2. The third-order valence-corrected chi connectivity index (χ3v) is 20.2. The van der Waals surface area contributed by atoms with E-state index < -0.39 is 42.0 Å². The molecule has 5 aliphatic heterocycles.